The number of rotatable bonds is 23. The molecule has 27 nitrogen and oxygen atoms in total. The monoisotopic (exact) mass is 961 g/mol. The quantitative estimate of drug-likeness (QED) is 0.0421. The number of hydrogen-bond donors (Lipinski definition) is 11. The number of nitrogens with one attached hydrogen (secondary N) is 2. The molecule has 2 aromatic heterocycles. The van der Waals surface area contributed by atoms with Crippen molar-refractivity contribution in [2.24, 2.45) is 5.41 Å². The first-order valence-corrected chi connectivity index (χ1v) is 23.4. The largest absolute Gasteiger partial charge is 0.504 e. The molecular formula is C31H46N7O20P3S. The van der Waals surface area contributed by atoms with Crippen LogP contribution in [0.1, 0.15) is 44.6 Å². The third kappa shape index (κ3) is 14.4. The Balaban J connectivity index is 1.19. The van der Waals surface area contributed by atoms with E-state index in [2.05, 4.69) is 34.4 Å². The van der Waals surface area contributed by atoms with Crippen molar-refractivity contribution in [3.8, 4) is 11.5 Å². The first kappa shape index (κ1) is 51.0. The van der Waals surface area contributed by atoms with Gasteiger partial charge in [-0.2, -0.15) is 4.31 Å². The number of nitrogen functional groups attached to an aromatic ring is 1. The third-order valence-electron chi connectivity index (χ3n) is 8.71. The lowest BCUT2D eigenvalue weighted by molar-refractivity contribution is -0.137. The fraction of sp³-hybridized carbons (Fsp3) is 0.548. The number of fused-ring (bicyclic) bond motifs is 1. The summed E-state index contributed by atoms with van der Waals surface area (Å²) in [5.41, 5.74) is 4.56. The molecule has 8 atom stereocenters. The van der Waals surface area contributed by atoms with Gasteiger partial charge in [-0.05, 0) is 17.7 Å². The van der Waals surface area contributed by atoms with Crippen molar-refractivity contribution in [1.29, 1.82) is 0 Å². The van der Waals surface area contributed by atoms with Gasteiger partial charge in [-0.1, -0.05) is 31.7 Å². The Morgan fingerprint density at radius 1 is 1.03 bits per heavy atom. The summed E-state index contributed by atoms with van der Waals surface area (Å²) in [5.74, 6) is -1.43. The predicted molar refractivity (Wildman–Crippen MR) is 211 cm³/mol. The number of amides is 2. The second kappa shape index (κ2) is 21.3. The summed E-state index contributed by atoms with van der Waals surface area (Å²) in [6.07, 6.45) is -8.52. The molecular weight excluding hydrogens is 915 g/mol. The van der Waals surface area contributed by atoms with Crippen molar-refractivity contribution in [2.45, 2.75) is 63.4 Å². The Kier molecular flexibility index (Phi) is 17.6. The maximum Gasteiger partial charge on any atom is 0.481 e. The average Bonchev–Trinajstić information content (AvgIpc) is 3.74. The maximum atomic E-state index is 12.7. The van der Waals surface area contributed by atoms with Crippen molar-refractivity contribution in [1.82, 2.24) is 30.2 Å². The fourth-order valence-electron chi connectivity index (χ4n) is 5.53. The van der Waals surface area contributed by atoms with Gasteiger partial charge in [0.05, 0.1) is 32.8 Å². The van der Waals surface area contributed by atoms with E-state index in [1.54, 1.807) is 0 Å². The number of ether oxygens (including phenoxy) is 2. The molecule has 0 spiro atoms. The number of phenolic OH excluding ortho intramolecular Hbond substituents is 1. The summed E-state index contributed by atoms with van der Waals surface area (Å²) in [6, 6.07) is 4.17. The normalized spacial score (nSPS) is 21.1. The molecule has 2 amide bonds. The van der Waals surface area contributed by atoms with Crippen LogP contribution in [0.3, 0.4) is 0 Å². The number of carbonyl (C=O) groups excluding carboxylic acids is 3. The van der Waals surface area contributed by atoms with E-state index in [1.165, 1.54) is 39.2 Å². The van der Waals surface area contributed by atoms with Crippen LogP contribution in [-0.4, -0.2) is 140 Å². The molecule has 1 aliphatic rings. The molecule has 62 heavy (non-hydrogen) atoms. The van der Waals surface area contributed by atoms with Gasteiger partial charge in [0.2, 0.25) is 11.8 Å². The van der Waals surface area contributed by atoms with Crippen LogP contribution in [0.5, 0.6) is 11.5 Å². The van der Waals surface area contributed by atoms with Gasteiger partial charge in [-0.3, -0.25) is 32.5 Å². The Labute approximate surface area is 355 Å². The number of aromatic nitrogens is 4. The highest BCUT2D eigenvalue weighted by Gasteiger charge is 2.50. The number of anilines is 1. The van der Waals surface area contributed by atoms with Crippen LogP contribution in [-0.2, 0) is 50.7 Å². The van der Waals surface area contributed by atoms with Crippen molar-refractivity contribution in [3.63, 3.8) is 0 Å². The molecule has 0 aliphatic carbocycles. The van der Waals surface area contributed by atoms with E-state index in [-0.39, 0.29) is 65.3 Å². The van der Waals surface area contributed by atoms with Crippen molar-refractivity contribution in [3.05, 3.63) is 36.4 Å². The van der Waals surface area contributed by atoms with Crippen molar-refractivity contribution in [2.75, 3.05) is 44.9 Å². The molecule has 0 radical (unpaired) electrons. The number of phosphoric acid groups is 3. The summed E-state index contributed by atoms with van der Waals surface area (Å²) in [4.78, 5) is 88.1. The van der Waals surface area contributed by atoms with Crippen LogP contribution < -0.4 is 21.1 Å². The number of phenols is 1. The zero-order chi connectivity index (χ0) is 46.2. The van der Waals surface area contributed by atoms with Gasteiger partial charge >= 0.3 is 23.5 Å². The molecule has 1 saturated heterocycles. The molecule has 4 rings (SSSR count). The molecule has 12 N–H and O–H groups in total. The number of benzene rings is 1. The van der Waals surface area contributed by atoms with Gasteiger partial charge in [-0.15, -0.1) is 0 Å². The number of aromatic hydroxyl groups is 1. The number of carbonyl (C=O) groups is 3. The number of hydrogen-bond acceptors (Lipinski definition) is 21. The number of thioether (sulfide) groups is 1. The Hall–Kier alpha value is -3.66. The van der Waals surface area contributed by atoms with E-state index < -0.39 is 90.7 Å². The van der Waals surface area contributed by atoms with Crippen LogP contribution in [0.15, 0.2) is 30.9 Å². The SMILES string of the molecule is COc1cc(C(O)CC(=O)SCCNC(=O)CCNC(=O)[C@H](O)C(C)(C)COP(=O)(O)OP(=O)(O)OC[C@H]2O[C@@H](n3cnc4c(N)ncnc43)[C@H](O)[C@@H]2OP(=O)(O)O)ccc1O. The maximum absolute atomic E-state index is 12.7. The second-order valence-electron chi connectivity index (χ2n) is 13.9. The van der Waals surface area contributed by atoms with Gasteiger partial charge in [0, 0.05) is 37.1 Å². The van der Waals surface area contributed by atoms with E-state index in [1.807, 2.05) is 0 Å². The first-order valence-electron chi connectivity index (χ1n) is 17.9. The van der Waals surface area contributed by atoms with Crippen LogP contribution in [0.4, 0.5) is 5.82 Å². The minimum absolute atomic E-state index is 0.0182. The van der Waals surface area contributed by atoms with Crippen LogP contribution in [0.2, 0.25) is 0 Å². The van der Waals surface area contributed by atoms with Gasteiger partial charge in [0.1, 0.15) is 36.3 Å². The van der Waals surface area contributed by atoms with E-state index in [4.69, 9.17) is 24.3 Å². The van der Waals surface area contributed by atoms with Gasteiger partial charge in [0.15, 0.2) is 34.3 Å². The standard InChI is InChI=1S/C31H46N7O20P3S/c1-31(2,26(44)29(45)34-7-6-21(41)33-8-9-62-22(42)11-18(40)16-4-5-17(39)19(10-16)53-3)13-55-61(51,52)58-60(49,50)54-12-20-25(57-59(46,47)48)24(43)30(56-20)38-15-37-23-27(32)35-14-36-28(23)38/h4-5,10,14-15,18,20,24-26,30,39-40,43-44H,6-9,11-13H2,1-3H3,(H,33,41)(H,34,45)(H,49,50)(H,51,52)(H2,32,35,36)(H2,46,47,48)/t18?,20-,24-,25-,26+,30-/m1/s1. The molecule has 3 heterocycles. The van der Waals surface area contributed by atoms with Crippen LogP contribution in [0.25, 0.3) is 11.2 Å². The summed E-state index contributed by atoms with van der Waals surface area (Å²) in [5, 5.41) is 46.0. The second-order valence-corrected chi connectivity index (χ2v) is 19.3. The zero-order valence-corrected chi connectivity index (χ0v) is 36.4. The Morgan fingerprint density at radius 3 is 2.40 bits per heavy atom. The summed E-state index contributed by atoms with van der Waals surface area (Å²) < 4.78 is 67.2. The van der Waals surface area contributed by atoms with Gasteiger partial charge in [-0.25, -0.2) is 28.6 Å². The van der Waals surface area contributed by atoms with Crippen molar-refractivity contribution >= 4 is 69.1 Å². The third-order valence-corrected chi connectivity index (χ3v) is 12.7. The zero-order valence-electron chi connectivity index (χ0n) is 32.9. The minimum Gasteiger partial charge on any atom is -0.504 e. The average molecular weight is 962 g/mol. The van der Waals surface area contributed by atoms with Crippen LogP contribution in [0, 0.1) is 5.41 Å². The molecule has 1 aromatic carbocycles. The highest BCUT2D eigenvalue weighted by molar-refractivity contribution is 8.13. The first-order chi connectivity index (χ1) is 28.8. The number of imidazole rings is 1. The lowest BCUT2D eigenvalue weighted by Gasteiger charge is -2.30. The lowest BCUT2D eigenvalue weighted by atomic mass is 9.87. The highest BCUT2D eigenvalue weighted by atomic mass is 32.2. The molecule has 1 fully saturated rings. The number of aliphatic hydroxyl groups excluding tert-OH is 3. The van der Waals surface area contributed by atoms with Crippen LogP contribution >= 0.6 is 35.2 Å². The van der Waals surface area contributed by atoms with E-state index >= 15 is 0 Å². The van der Waals surface area contributed by atoms with E-state index in [0.29, 0.717) is 5.56 Å². The summed E-state index contributed by atoms with van der Waals surface area (Å²) >= 11 is 0.866. The van der Waals surface area contributed by atoms with E-state index in [0.717, 1.165) is 29.0 Å². The van der Waals surface area contributed by atoms with Gasteiger partial charge < -0.3 is 65.8 Å². The lowest BCUT2D eigenvalue weighted by Crippen LogP contribution is -2.46. The number of nitrogens with two attached hydrogens (primary N) is 1. The minimum atomic E-state index is -5.60. The van der Waals surface area contributed by atoms with E-state index in [9.17, 15) is 68.1 Å². The summed E-state index contributed by atoms with van der Waals surface area (Å²) in [6.45, 7) is 0.183. The molecule has 346 valence electrons. The number of phosphoric ester groups is 3. The molecule has 3 aromatic rings. The fourth-order valence-corrected chi connectivity index (χ4v) is 9.07. The molecule has 0 saturated carbocycles. The Morgan fingerprint density at radius 2 is 1.73 bits per heavy atom. The molecule has 31 heteroatoms. The predicted octanol–water partition coefficient (Wildman–Crippen LogP) is -0.497. The summed E-state index contributed by atoms with van der Waals surface area (Å²) in [7, 11) is -15.1. The smallest absolute Gasteiger partial charge is 0.481 e. The Bertz CT molecular complexity index is 2210. The number of methoxy groups -OCH3 is 1. The molecule has 0 bridgehead atoms. The molecule has 1 aliphatic heterocycles. The molecule has 3 unspecified atom stereocenters. The highest BCUT2D eigenvalue weighted by Crippen LogP contribution is 2.61. The topological polar surface area (TPSA) is 413 Å². The van der Waals surface area contributed by atoms with Gasteiger partial charge in [0.25, 0.3) is 0 Å². The number of nitrogens with zero attached hydrogens (tertiary/aromatic N) is 4. The van der Waals surface area contributed by atoms with Crippen molar-refractivity contribution < 1.29 is 95.4 Å². The number of aliphatic hydroxyl groups is 3.